The largest absolute Gasteiger partial charge is 0.342 e. The van der Waals surface area contributed by atoms with Gasteiger partial charge in [0, 0.05) is 19.0 Å². The number of piperidine rings is 2. The summed E-state index contributed by atoms with van der Waals surface area (Å²) >= 11 is 0. The van der Waals surface area contributed by atoms with Crippen LogP contribution < -0.4 is 0 Å². The Morgan fingerprint density at radius 2 is 1.48 bits per heavy atom. The molecule has 0 atom stereocenters. The molecule has 0 aromatic carbocycles. The molecule has 1 saturated carbocycles. The molecule has 3 aliphatic rings. The molecule has 0 aromatic heterocycles. The van der Waals surface area contributed by atoms with Gasteiger partial charge < -0.3 is 9.80 Å². The third kappa shape index (κ3) is 5.49. The Hall–Kier alpha value is -0.570. The zero-order chi connectivity index (χ0) is 19.4. The number of nitrogens with zero attached hydrogens (tertiary/aromatic N) is 2. The highest BCUT2D eigenvalue weighted by Gasteiger charge is 2.39. The molecule has 1 spiro atoms. The minimum atomic E-state index is 0.153. The summed E-state index contributed by atoms with van der Waals surface area (Å²) in [6, 6.07) is 0. The van der Waals surface area contributed by atoms with Crippen LogP contribution in [0.3, 0.4) is 0 Å². The summed E-state index contributed by atoms with van der Waals surface area (Å²) in [5, 5.41) is 0. The standard InChI is InChI=1S/C24H44N2O/c1-19(2)22-8-15-25(16-9-22)14-7-21-5-10-24(11-6-21)12-17-26(18-13-24)23(27)20(3)4/h19-22H,5-18H2,1-4H3. The predicted octanol–water partition coefficient (Wildman–Crippen LogP) is 5.20. The minimum absolute atomic E-state index is 0.153. The Balaban J connectivity index is 1.35. The molecule has 0 N–H and O–H groups in total. The van der Waals surface area contributed by atoms with Gasteiger partial charge >= 0.3 is 0 Å². The third-order valence-electron chi connectivity index (χ3n) is 8.22. The van der Waals surface area contributed by atoms with E-state index in [1.54, 1.807) is 0 Å². The van der Waals surface area contributed by atoms with Crippen molar-refractivity contribution >= 4 is 5.91 Å². The first-order valence-corrected chi connectivity index (χ1v) is 11.9. The van der Waals surface area contributed by atoms with Crippen LogP contribution in [-0.2, 0) is 4.79 Å². The van der Waals surface area contributed by atoms with Crippen LogP contribution in [0, 0.1) is 29.1 Å². The molecule has 156 valence electrons. The van der Waals surface area contributed by atoms with Gasteiger partial charge in [-0.25, -0.2) is 0 Å². The lowest BCUT2D eigenvalue weighted by atomic mass is 9.65. The van der Waals surface area contributed by atoms with Crippen LogP contribution in [0.15, 0.2) is 0 Å². The van der Waals surface area contributed by atoms with E-state index in [1.807, 2.05) is 13.8 Å². The molecule has 2 saturated heterocycles. The van der Waals surface area contributed by atoms with Crippen LogP contribution in [0.2, 0.25) is 0 Å². The molecule has 0 radical (unpaired) electrons. The van der Waals surface area contributed by atoms with Gasteiger partial charge in [-0.2, -0.15) is 0 Å². The lowest BCUT2D eigenvalue weighted by Gasteiger charge is -2.46. The number of carbonyl (C=O) groups excluding carboxylic acids is 1. The quantitative estimate of drug-likeness (QED) is 0.658. The van der Waals surface area contributed by atoms with E-state index in [4.69, 9.17) is 0 Å². The fourth-order valence-electron chi connectivity index (χ4n) is 5.85. The second kappa shape index (κ2) is 9.29. The number of rotatable bonds is 5. The second-order valence-corrected chi connectivity index (χ2v) is 10.6. The van der Waals surface area contributed by atoms with Gasteiger partial charge in [0.1, 0.15) is 0 Å². The molecule has 0 aromatic rings. The van der Waals surface area contributed by atoms with Gasteiger partial charge in [-0.1, -0.05) is 27.7 Å². The van der Waals surface area contributed by atoms with E-state index in [9.17, 15) is 4.79 Å². The van der Waals surface area contributed by atoms with E-state index in [0.717, 1.165) is 30.8 Å². The van der Waals surface area contributed by atoms with Gasteiger partial charge in [0.05, 0.1) is 0 Å². The van der Waals surface area contributed by atoms with Crippen molar-refractivity contribution in [2.24, 2.45) is 29.1 Å². The Morgan fingerprint density at radius 1 is 0.889 bits per heavy atom. The average Bonchev–Trinajstić information content (AvgIpc) is 2.68. The van der Waals surface area contributed by atoms with Crippen LogP contribution in [0.4, 0.5) is 0 Å². The topological polar surface area (TPSA) is 23.6 Å². The first-order valence-electron chi connectivity index (χ1n) is 11.9. The summed E-state index contributed by atoms with van der Waals surface area (Å²) in [5.74, 6) is 3.29. The van der Waals surface area contributed by atoms with Crippen LogP contribution in [0.1, 0.15) is 85.5 Å². The molecule has 3 heteroatoms. The van der Waals surface area contributed by atoms with Crippen molar-refractivity contribution in [1.29, 1.82) is 0 Å². The zero-order valence-electron chi connectivity index (χ0n) is 18.5. The molecule has 3 rings (SSSR count). The number of hydrogen-bond acceptors (Lipinski definition) is 2. The Kier molecular flexibility index (Phi) is 7.27. The number of hydrogen-bond donors (Lipinski definition) is 0. The third-order valence-corrected chi connectivity index (χ3v) is 8.22. The molecule has 0 unspecified atom stereocenters. The normalized spacial score (nSPS) is 25.6. The molecule has 1 aliphatic carbocycles. The maximum atomic E-state index is 12.2. The van der Waals surface area contributed by atoms with Crippen molar-refractivity contribution in [3.8, 4) is 0 Å². The smallest absolute Gasteiger partial charge is 0.225 e. The van der Waals surface area contributed by atoms with Gasteiger partial charge in [-0.3, -0.25) is 4.79 Å². The van der Waals surface area contributed by atoms with Crippen molar-refractivity contribution in [1.82, 2.24) is 9.80 Å². The lowest BCUT2D eigenvalue weighted by Crippen LogP contribution is -2.46. The van der Waals surface area contributed by atoms with Gasteiger partial charge in [0.2, 0.25) is 5.91 Å². The van der Waals surface area contributed by atoms with Gasteiger partial charge in [0.15, 0.2) is 0 Å². The van der Waals surface area contributed by atoms with E-state index in [-0.39, 0.29) is 5.92 Å². The summed E-state index contributed by atoms with van der Waals surface area (Å²) < 4.78 is 0. The Bertz CT molecular complexity index is 461. The van der Waals surface area contributed by atoms with Crippen LogP contribution in [0.5, 0.6) is 0 Å². The van der Waals surface area contributed by atoms with E-state index in [2.05, 4.69) is 23.6 Å². The molecule has 3 nitrogen and oxygen atoms in total. The molecule has 2 aliphatic heterocycles. The molecular formula is C24H44N2O. The van der Waals surface area contributed by atoms with Crippen molar-refractivity contribution in [2.45, 2.75) is 85.5 Å². The average molecular weight is 377 g/mol. The Labute approximate surface area is 168 Å². The van der Waals surface area contributed by atoms with Gasteiger partial charge in [-0.05, 0) is 101 Å². The van der Waals surface area contributed by atoms with Crippen molar-refractivity contribution in [3.05, 3.63) is 0 Å². The molecule has 1 amide bonds. The predicted molar refractivity (Wildman–Crippen MR) is 114 cm³/mol. The van der Waals surface area contributed by atoms with E-state index in [1.165, 1.54) is 77.4 Å². The molecule has 2 heterocycles. The summed E-state index contributed by atoms with van der Waals surface area (Å²) in [5.41, 5.74) is 0.569. The molecule has 3 fully saturated rings. The maximum Gasteiger partial charge on any atom is 0.225 e. The van der Waals surface area contributed by atoms with E-state index < -0.39 is 0 Å². The highest BCUT2D eigenvalue weighted by Crippen LogP contribution is 2.47. The minimum Gasteiger partial charge on any atom is -0.342 e. The summed E-state index contributed by atoms with van der Waals surface area (Å²) in [6.45, 7) is 14.9. The second-order valence-electron chi connectivity index (χ2n) is 10.6. The van der Waals surface area contributed by atoms with E-state index >= 15 is 0 Å². The molecular weight excluding hydrogens is 332 g/mol. The summed E-state index contributed by atoms with van der Waals surface area (Å²) in [4.78, 5) is 17.1. The van der Waals surface area contributed by atoms with Crippen molar-refractivity contribution in [3.63, 3.8) is 0 Å². The number of likely N-dealkylation sites (tertiary alicyclic amines) is 2. The first kappa shape index (κ1) is 21.1. The monoisotopic (exact) mass is 376 g/mol. The van der Waals surface area contributed by atoms with E-state index in [0.29, 0.717) is 11.3 Å². The fraction of sp³-hybridized carbons (Fsp3) is 0.958. The summed E-state index contributed by atoms with van der Waals surface area (Å²) in [7, 11) is 0. The Morgan fingerprint density at radius 3 is 2.00 bits per heavy atom. The fourth-order valence-corrected chi connectivity index (χ4v) is 5.85. The summed E-state index contributed by atoms with van der Waals surface area (Å²) in [6.07, 6.45) is 12.4. The van der Waals surface area contributed by atoms with Crippen molar-refractivity contribution in [2.75, 3.05) is 32.7 Å². The van der Waals surface area contributed by atoms with Crippen molar-refractivity contribution < 1.29 is 4.79 Å². The van der Waals surface area contributed by atoms with Gasteiger partial charge in [0.25, 0.3) is 0 Å². The SMILES string of the molecule is CC(C)C(=O)N1CCC2(CCC(CCN3CCC(C(C)C)CC3)CC2)CC1. The van der Waals surface area contributed by atoms with Crippen LogP contribution >= 0.6 is 0 Å². The lowest BCUT2D eigenvalue weighted by molar-refractivity contribution is -0.137. The maximum absolute atomic E-state index is 12.2. The first-order chi connectivity index (χ1) is 12.9. The van der Waals surface area contributed by atoms with Gasteiger partial charge in [-0.15, -0.1) is 0 Å². The van der Waals surface area contributed by atoms with Crippen LogP contribution in [-0.4, -0.2) is 48.4 Å². The number of amides is 1. The zero-order valence-corrected chi connectivity index (χ0v) is 18.5. The molecule has 27 heavy (non-hydrogen) atoms. The highest BCUT2D eigenvalue weighted by atomic mass is 16.2. The van der Waals surface area contributed by atoms with Crippen LogP contribution in [0.25, 0.3) is 0 Å². The molecule has 0 bridgehead atoms. The number of carbonyl (C=O) groups is 1. The highest BCUT2D eigenvalue weighted by molar-refractivity contribution is 5.78.